The summed E-state index contributed by atoms with van der Waals surface area (Å²) in [6.45, 7) is 6.88. The van der Waals surface area contributed by atoms with Crippen LogP contribution in [0.4, 0.5) is 23.1 Å². The van der Waals surface area contributed by atoms with Crippen LogP contribution in [0.1, 0.15) is 85.0 Å². The molecule has 3 saturated heterocycles. The highest BCUT2D eigenvalue weighted by atomic mass is 16.2. The smallest absolute Gasteiger partial charge is 0.263 e. The van der Waals surface area contributed by atoms with E-state index in [0.717, 1.165) is 87.5 Å². The number of piperidine rings is 3. The summed E-state index contributed by atoms with van der Waals surface area (Å²) in [7, 11) is 1.73. The van der Waals surface area contributed by atoms with Gasteiger partial charge in [-0.2, -0.15) is 10.1 Å². The van der Waals surface area contributed by atoms with Crippen molar-refractivity contribution in [3.63, 3.8) is 0 Å². The molecule has 4 fully saturated rings. The minimum absolute atomic E-state index is 0.0575. The fourth-order valence-corrected chi connectivity index (χ4v) is 8.47. The quantitative estimate of drug-likeness (QED) is 0.213. The van der Waals surface area contributed by atoms with Gasteiger partial charge in [-0.05, 0) is 82.1 Å². The second-order valence-electron chi connectivity index (χ2n) is 16.0. The second-order valence-corrected chi connectivity index (χ2v) is 16.0. The largest absolute Gasteiger partial charge is 0.371 e. The zero-order valence-electron chi connectivity index (χ0n) is 31.1. The zero-order valence-corrected chi connectivity index (χ0v) is 31.1. The van der Waals surface area contributed by atoms with Crippen LogP contribution in [0.3, 0.4) is 0 Å². The molecule has 0 spiro atoms. The molecule has 1 aromatic carbocycles. The van der Waals surface area contributed by atoms with E-state index in [-0.39, 0.29) is 29.8 Å². The molecular formula is C39H45N11O5. The van der Waals surface area contributed by atoms with Crippen molar-refractivity contribution < 1.29 is 19.2 Å². The van der Waals surface area contributed by atoms with E-state index in [1.54, 1.807) is 36.1 Å². The Morgan fingerprint density at radius 3 is 2.42 bits per heavy atom. The normalized spacial score (nSPS) is 22.0. The highest BCUT2D eigenvalue weighted by Crippen LogP contribution is 2.39. The number of fused-ring (bicyclic) bond motifs is 2. The predicted octanol–water partition coefficient (Wildman–Crippen LogP) is 3.19. The van der Waals surface area contributed by atoms with Gasteiger partial charge in [-0.1, -0.05) is 0 Å². The zero-order chi connectivity index (χ0) is 38.0. The van der Waals surface area contributed by atoms with Crippen molar-refractivity contribution in [2.45, 2.75) is 75.9 Å². The average molecular weight is 748 g/mol. The van der Waals surface area contributed by atoms with Crippen LogP contribution >= 0.6 is 0 Å². The van der Waals surface area contributed by atoms with Gasteiger partial charge in [-0.15, -0.1) is 0 Å². The maximum Gasteiger partial charge on any atom is 0.263 e. The number of aromatic nitrogens is 5. The van der Waals surface area contributed by atoms with Crippen LogP contribution < -0.4 is 26.4 Å². The monoisotopic (exact) mass is 747 g/mol. The molecule has 16 nitrogen and oxygen atoms in total. The van der Waals surface area contributed by atoms with Gasteiger partial charge in [-0.3, -0.25) is 38.9 Å². The summed E-state index contributed by atoms with van der Waals surface area (Å²) in [6, 6.07) is 6.53. The van der Waals surface area contributed by atoms with Crippen LogP contribution in [0.25, 0.3) is 10.9 Å². The van der Waals surface area contributed by atoms with Gasteiger partial charge in [0.05, 0.1) is 34.6 Å². The summed E-state index contributed by atoms with van der Waals surface area (Å²) in [5, 5.41) is 14.2. The molecule has 9 rings (SSSR count). The fourth-order valence-electron chi connectivity index (χ4n) is 8.47. The number of rotatable bonds is 9. The molecule has 4 aliphatic heterocycles. The van der Waals surface area contributed by atoms with Gasteiger partial charge in [0.15, 0.2) is 0 Å². The van der Waals surface area contributed by atoms with Crippen molar-refractivity contribution in [3.8, 4) is 0 Å². The molecule has 55 heavy (non-hydrogen) atoms. The fraction of sp³-hybridized carbons (Fsp3) is 0.487. The lowest BCUT2D eigenvalue weighted by Crippen LogP contribution is -2.54. The van der Waals surface area contributed by atoms with Gasteiger partial charge in [0.25, 0.3) is 17.4 Å². The van der Waals surface area contributed by atoms with Gasteiger partial charge in [0.1, 0.15) is 17.2 Å². The van der Waals surface area contributed by atoms with E-state index in [9.17, 15) is 24.0 Å². The van der Waals surface area contributed by atoms with E-state index in [2.05, 4.69) is 37.7 Å². The van der Waals surface area contributed by atoms with E-state index < -0.39 is 23.8 Å². The van der Waals surface area contributed by atoms with Gasteiger partial charge in [0, 0.05) is 69.8 Å². The van der Waals surface area contributed by atoms with Crippen LogP contribution in [0.2, 0.25) is 0 Å². The first-order valence-electron chi connectivity index (χ1n) is 19.3. The molecule has 1 aliphatic carbocycles. The minimum atomic E-state index is -0.967. The third-order valence-electron chi connectivity index (χ3n) is 12.1. The lowest BCUT2D eigenvalue weighted by Gasteiger charge is -2.38. The van der Waals surface area contributed by atoms with Crippen LogP contribution in [0.5, 0.6) is 0 Å². The number of hydrogen-bond donors (Lipinski definition) is 3. The van der Waals surface area contributed by atoms with E-state index >= 15 is 0 Å². The Kier molecular flexibility index (Phi) is 8.67. The van der Waals surface area contributed by atoms with Crippen molar-refractivity contribution in [2.24, 2.45) is 13.0 Å². The Bertz CT molecular complexity index is 2280. The second kappa shape index (κ2) is 13.6. The molecule has 4 amide bonds. The summed E-state index contributed by atoms with van der Waals surface area (Å²) in [6.07, 6.45) is 11.9. The number of anilines is 4. The molecule has 4 aromatic rings. The first-order valence-corrected chi connectivity index (χ1v) is 19.3. The Hall–Kier alpha value is -5.64. The molecule has 1 unspecified atom stereocenters. The maximum atomic E-state index is 13.3. The SMILES string of the molecule is Cn1ccc2nc(Nc3cnn(C4CCN(CC5CCN(c6ccc7c(c6)C(=O)N(C6CCC(=O)NC6=O)C7=O)CC5)CC4)c3)nc(NC3(C)CC3)c2c1=O. The van der Waals surface area contributed by atoms with Gasteiger partial charge in [-0.25, -0.2) is 4.98 Å². The van der Waals surface area contributed by atoms with E-state index in [1.165, 1.54) is 0 Å². The number of imide groups is 2. The highest BCUT2D eigenvalue weighted by molar-refractivity contribution is 6.23. The average Bonchev–Trinajstić information content (AvgIpc) is 3.61. The summed E-state index contributed by atoms with van der Waals surface area (Å²) < 4.78 is 3.59. The van der Waals surface area contributed by atoms with E-state index in [4.69, 9.17) is 10.1 Å². The van der Waals surface area contributed by atoms with E-state index in [0.29, 0.717) is 45.8 Å². The number of pyridine rings is 1. The van der Waals surface area contributed by atoms with E-state index in [1.807, 2.05) is 23.0 Å². The Balaban J connectivity index is 0.772. The Morgan fingerprint density at radius 1 is 0.909 bits per heavy atom. The first kappa shape index (κ1) is 35.1. The Labute approximate surface area is 317 Å². The lowest BCUT2D eigenvalue weighted by atomic mass is 9.94. The van der Waals surface area contributed by atoms with Crippen molar-refractivity contribution in [1.82, 2.24) is 39.4 Å². The standard InChI is InChI=1S/C39H45N11O5/c1-39(12-13-39)45-33-32-29(11-14-46(2)37(32)55)42-38(44-33)41-24-20-40-49(22-24)25-9-15-47(16-10-25)21-23-7-17-48(18-8-23)26-3-4-27-28(19-26)36(54)50(35(27)53)30-5-6-31(51)43-34(30)52/h3-4,11,14,19-20,22-23,25,30H,5-10,12-13,15-18,21H2,1-2H3,(H,43,51,52)(H2,41,42,44,45). The number of nitrogens with zero attached hydrogens (tertiary/aromatic N) is 8. The summed E-state index contributed by atoms with van der Waals surface area (Å²) in [5.41, 5.74) is 2.73. The molecule has 0 bridgehead atoms. The number of hydrogen-bond acceptors (Lipinski definition) is 12. The van der Waals surface area contributed by atoms with Crippen LogP contribution in [-0.2, 0) is 16.6 Å². The third kappa shape index (κ3) is 6.72. The molecule has 5 aliphatic rings. The summed E-state index contributed by atoms with van der Waals surface area (Å²) in [5.74, 6) is -0.409. The molecule has 3 aromatic heterocycles. The lowest BCUT2D eigenvalue weighted by molar-refractivity contribution is -0.136. The van der Waals surface area contributed by atoms with Gasteiger partial charge < -0.3 is 25.0 Å². The third-order valence-corrected chi connectivity index (χ3v) is 12.1. The summed E-state index contributed by atoms with van der Waals surface area (Å²) in [4.78, 5) is 78.7. The molecule has 0 radical (unpaired) electrons. The van der Waals surface area contributed by atoms with Gasteiger partial charge in [0.2, 0.25) is 17.8 Å². The summed E-state index contributed by atoms with van der Waals surface area (Å²) >= 11 is 0. The number of carbonyl (C=O) groups is 4. The molecular weight excluding hydrogens is 703 g/mol. The molecule has 16 heteroatoms. The Morgan fingerprint density at radius 2 is 1.67 bits per heavy atom. The van der Waals surface area contributed by atoms with Crippen molar-refractivity contribution in [2.75, 3.05) is 48.3 Å². The van der Waals surface area contributed by atoms with Crippen LogP contribution in [0.15, 0.2) is 47.7 Å². The number of likely N-dealkylation sites (tertiary alicyclic amines) is 1. The molecule has 286 valence electrons. The number of nitrogens with one attached hydrogen (secondary N) is 3. The maximum absolute atomic E-state index is 13.3. The van der Waals surface area contributed by atoms with Gasteiger partial charge >= 0.3 is 0 Å². The first-order chi connectivity index (χ1) is 26.5. The number of amides is 4. The molecule has 1 saturated carbocycles. The molecule has 7 heterocycles. The number of benzene rings is 1. The molecule has 1 atom stereocenters. The van der Waals surface area contributed by atoms with Crippen LogP contribution in [0, 0.1) is 5.92 Å². The van der Waals surface area contributed by atoms with Crippen molar-refractivity contribution in [1.29, 1.82) is 0 Å². The number of carbonyl (C=O) groups excluding carboxylic acids is 4. The van der Waals surface area contributed by atoms with Crippen molar-refractivity contribution in [3.05, 3.63) is 64.3 Å². The van der Waals surface area contributed by atoms with Crippen molar-refractivity contribution >= 4 is 57.7 Å². The topological polar surface area (TPSA) is 180 Å². The number of aryl methyl sites for hydroxylation is 1. The van der Waals surface area contributed by atoms with Crippen LogP contribution in [-0.4, -0.2) is 102 Å². The highest BCUT2D eigenvalue weighted by Gasteiger charge is 2.45. The molecule has 3 N–H and O–H groups in total. The minimum Gasteiger partial charge on any atom is -0.371 e. The predicted molar refractivity (Wildman–Crippen MR) is 204 cm³/mol.